The van der Waals surface area contributed by atoms with Crippen LogP contribution in [0, 0.1) is 0 Å². The molecule has 0 saturated carbocycles. The van der Waals surface area contributed by atoms with Gasteiger partial charge in [0.15, 0.2) is 0 Å². The van der Waals surface area contributed by atoms with E-state index in [1.165, 1.54) is 55.9 Å². The highest BCUT2D eigenvalue weighted by molar-refractivity contribution is 5.86. The van der Waals surface area contributed by atoms with Crippen LogP contribution in [0.3, 0.4) is 0 Å². The molecule has 1 aliphatic heterocycles. The summed E-state index contributed by atoms with van der Waals surface area (Å²) in [7, 11) is 0. The normalized spacial score (nSPS) is 19.1. The molecule has 35 heavy (non-hydrogen) atoms. The van der Waals surface area contributed by atoms with Gasteiger partial charge in [-0.1, -0.05) is 104 Å². The number of anilines is 2. The van der Waals surface area contributed by atoms with E-state index in [0.717, 1.165) is 19.3 Å². The maximum atomic E-state index is 2.58. The zero-order chi connectivity index (χ0) is 23.4. The molecule has 4 aromatic rings. The Labute approximate surface area is 208 Å². The lowest BCUT2D eigenvalue weighted by molar-refractivity contribution is 0.742. The van der Waals surface area contributed by atoms with E-state index in [1.54, 1.807) is 0 Å². The molecule has 1 heteroatoms. The largest absolute Gasteiger partial charge is 0.333 e. The fourth-order valence-electron chi connectivity index (χ4n) is 6.35. The van der Waals surface area contributed by atoms with Gasteiger partial charge in [0.25, 0.3) is 0 Å². The number of hydrogen-bond donors (Lipinski definition) is 0. The average Bonchev–Trinajstić information content (AvgIpc) is 3.44. The molecule has 0 saturated heterocycles. The van der Waals surface area contributed by atoms with Crippen molar-refractivity contribution >= 4 is 16.9 Å². The summed E-state index contributed by atoms with van der Waals surface area (Å²) in [6, 6.07) is 34.2. The third-order valence-corrected chi connectivity index (χ3v) is 7.96. The third kappa shape index (κ3) is 3.22. The lowest BCUT2D eigenvalue weighted by Gasteiger charge is -2.31. The Morgan fingerprint density at radius 3 is 2.46 bits per heavy atom. The summed E-state index contributed by atoms with van der Waals surface area (Å²) in [5, 5.41) is 0. The van der Waals surface area contributed by atoms with Crippen LogP contribution >= 0.6 is 0 Å². The van der Waals surface area contributed by atoms with Gasteiger partial charge in [0.2, 0.25) is 0 Å². The average molecular weight is 452 g/mol. The van der Waals surface area contributed by atoms with E-state index in [2.05, 4.69) is 121 Å². The van der Waals surface area contributed by atoms with Crippen molar-refractivity contribution in [3.63, 3.8) is 0 Å². The number of aryl methyl sites for hydroxylation is 1. The highest BCUT2D eigenvalue weighted by atomic mass is 15.2. The number of hydrogen-bond acceptors (Lipinski definition) is 1. The lowest BCUT2D eigenvalue weighted by atomic mass is 9.85. The van der Waals surface area contributed by atoms with Crippen molar-refractivity contribution in [1.82, 2.24) is 0 Å². The predicted molar refractivity (Wildman–Crippen MR) is 147 cm³/mol. The van der Waals surface area contributed by atoms with Crippen LogP contribution in [0.5, 0.6) is 0 Å². The van der Waals surface area contributed by atoms with Gasteiger partial charge in [0.05, 0.1) is 6.04 Å². The molecule has 1 heterocycles. The van der Waals surface area contributed by atoms with Gasteiger partial charge in [-0.3, -0.25) is 0 Å². The minimum atomic E-state index is 0.310. The van der Waals surface area contributed by atoms with Crippen LogP contribution in [0.15, 0.2) is 109 Å². The van der Waals surface area contributed by atoms with E-state index in [1.807, 2.05) is 0 Å². The molecule has 2 aliphatic carbocycles. The number of allylic oxidation sites excluding steroid dienone is 2. The second kappa shape index (κ2) is 8.13. The Morgan fingerprint density at radius 1 is 0.771 bits per heavy atom. The minimum Gasteiger partial charge on any atom is -0.333 e. The van der Waals surface area contributed by atoms with Crippen LogP contribution < -0.4 is 4.90 Å². The van der Waals surface area contributed by atoms with Crippen molar-refractivity contribution in [2.75, 3.05) is 4.90 Å². The summed E-state index contributed by atoms with van der Waals surface area (Å²) in [6.07, 6.45) is 10.6. The summed E-state index contributed by atoms with van der Waals surface area (Å²) in [5.74, 6) is 0.349. The van der Waals surface area contributed by atoms with Crippen molar-refractivity contribution < 1.29 is 0 Å². The second-order valence-corrected chi connectivity index (χ2v) is 10.0. The molecule has 0 radical (unpaired) electrons. The molecule has 0 aromatic heterocycles. The Hall–Kier alpha value is -3.84. The number of benzene rings is 4. The molecule has 4 aromatic carbocycles. The number of fused-ring (bicyclic) bond motifs is 6. The Bertz CT molecular complexity index is 1500. The molecule has 2 unspecified atom stereocenters. The first kappa shape index (κ1) is 20.5. The lowest BCUT2D eigenvalue weighted by Crippen LogP contribution is -2.29. The van der Waals surface area contributed by atoms with Crippen molar-refractivity contribution in [2.45, 2.75) is 38.1 Å². The van der Waals surface area contributed by atoms with Crippen LogP contribution in [0.2, 0.25) is 0 Å². The first-order chi connectivity index (χ1) is 17.3. The van der Waals surface area contributed by atoms with Crippen molar-refractivity contribution in [3.05, 3.63) is 137 Å². The molecule has 170 valence electrons. The quantitative estimate of drug-likeness (QED) is 0.265. The maximum absolute atomic E-state index is 2.58. The summed E-state index contributed by atoms with van der Waals surface area (Å²) in [4.78, 5) is 2.58. The maximum Gasteiger partial charge on any atom is 0.0630 e. The van der Waals surface area contributed by atoms with Crippen molar-refractivity contribution in [2.24, 2.45) is 0 Å². The minimum absolute atomic E-state index is 0.310. The van der Waals surface area contributed by atoms with Gasteiger partial charge >= 0.3 is 0 Å². The zero-order valence-electron chi connectivity index (χ0n) is 20.1. The van der Waals surface area contributed by atoms with Crippen LogP contribution in [0.4, 0.5) is 11.4 Å². The predicted octanol–water partition coefficient (Wildman–Crippen LogP) is 8.47. The summed E-state index contributed by atoms with van der Waals surface area (Å²) in [5.41, 5.74) is 13.9. The smallest absolute Gasteiger partial charge is 0.0630 e. The molecule has 7 rings (SSSR count). The van der Waals surface area contributed by atoms with Crippen molar-refractivity contribution in [3.8, 4) is 11.1 Å². The molecular weight excluding hydrogens is 422 g/mol. The summed E-state index contributed by atoms with van der Waals surface area (Å²) >= 11 is 0. The van der Waals surface area contributed by atoms with E-state index in [4.69, 9.17) is 0 Å². The van der Waals surface area contributed by atoms with E-state index >= 15 is 0 Å². The molecule has 0 fully saturated rings. The molecule has 0 amide bonds. The SMILES string of the molecule is CCCc1ccccc1N1c2ccccc2C2C=C(c3ccc4c(c3)-c3ccccc3C4)C=CC21. The fourth-order valence-corrected chi connectivity index (χ4v) is 6.35. The Balaban J connectivity index is 1.30. The van der Waals surface area contributed by atoms with Crippen molar-refractivity contribution in [1.29, 1.82) is 0 Å². The Morgan fingerprint density at radius 2 is 1.54 bits per heavy atom. The molecule has 2 atom stereocenters. The Kier molecular flexibility index (Phi) is 4.77. The van der Waals surface area contributed by atoms with E-state index in [0.29, 0.717) is 12.0 Å². The third-order valence-electron chi connectivity index (χ3n) is 7.96. The first-order valence-electron chi connectivity index (χ1n) is 12.9. The molecule has 0 N–H and O–H groups in total. The topological polar surface area (TPSA) is 3.24 Å². The van der Waals surface area contributed by atoms with Gasteiger partial charge < -0.3 is 4.90 Å². The van der Waals surface area contributed by atoms with Crippen LogP contribution in [-0.2, 0) is 12.8 Å². The van der Waals surface area contributed by atoms with Gasteiger partial charge in [0.1, 0.15) is 0 Å². The standard InChI is InChI=1S/C34H29N/c1-2-9-23-10-4-7-14-32(23)35-33-15-8-6-13-29(33)31-22-25(18-19-34(31)35)24-16-17-27-20-26-11-3-5-12-28(26)30(27)21-24/h3-8,10-19,21-22,31,34H,2,9,20H2,1H3. The molecule has 3 aliphatic rings. The van der Waals surface area contributed by atoms with Gasteiger partial charge in [0, 0.05) is 17.3 Å². The first-order valence-corrected chi connectivity index (χ1v) is 12.9. The zero-order valence-corrected chi connectivity index (χ0v) is 20.1. The summed E-state index contributed by atoms with van der Waals surface area (Å²) in [6.45, 7) is 2.27. The monoisotopic (exact) mass is 451 g/mol. The fraction of sp³-hybridized carbons (Fsp3) is 0.176. The number of rotatable bonds is 4. The second-order valence-electron chi connectivity index (χ2n) is 10.0. The van der Waals surface area contributed by atoms with E-state index in [9.17, 15) is 0 Å². The molecular formula is C34H29N. The van der Waals surface area contributed by atoms with E-state index < -0.39 is 0 Å². The molecule has 0 spiro atoms. The van der Waals surface area contributed by atoms with Gasteiger partial charge in [-0.15, -0.1) is 0 Å². The highest BCUT2D eigenvalue weighted by Crippen LogP contribution is 2.50. The van der Waals surface area contributed by atoms with Crippen LogP contribution in [-0.4, -0.2) is 6.04 Å². The number of nitrogens with zero attached hydrogens (tertiary/aromatic N) is 1. The van der Waals surface area contributed by atoms with Gasteiger partial charge in [-0.2, -0.15) is 0 Å². The molecule has 1 nitrogen and oxygen atoms in total. The highest BCUT2D eigenvalue weighted by Gasteiger charge is 2.38. The molecule has 0 bridgehead atoms. The number of para-hydroxylation sites is 2. The van der Waals surface area contributed by atoms with Crippen LogP contribution in [0.1, 0.15) is 47.1 Å². The van der Waals surface area contributed by atoms with Crippen LogP contribution in [0.25, 0.3) is 16.7 Å². The summed E-state index contributed by atoms with van der Waals surface area (Å²) < 4.78 is 0. The van der Waals surface area contributed by atoms with Gasteiger partial charge in [-0.05, 0) is 75.6 Å². The van der Waals surface area contributed by atoms with E-state index in [-0.39, 0.29) is 0 Å². The van der Waals surface area contributed by atoms with Gasteiger partial charge in [-0.25, -0.2) is 0 Å².